The molecule has 0 unspecified atom stereocenters. The second-order valence-electron chi connectivity index (χ2n) is 5.92. The zero-order valence-electron chi connectivity index (χ0n) is 9.41. The maximum atomic E-state index is 10.5. The van der Waals surface area contributed by atoms with E-state index in [1.54, 1.807) is 0 Å². The first-order valence-electron chi connectivity index (χ1n) is 5.90. The molecule has 0 aromatic carbocycles. The number of fused-ring (bicyclic) bond motifs is 2. The highest BCUT2D eigenvalue weighted by molar-refractivity contribution is 5.31. The molecule has 0 amide bonds. The van der Waals surface area contributed by atoms with Crippen LogP contribution >= 0.6 is 0 Å². The summed E-state index contributed by atoms with van der Waals surface area (Å²) in [7, 11) is 0. The maximum absolute atomic E-state index is 10.5. The SMILES string of the molecule is OC[C@@H](O)[C@@H](O)[C@H](O)[C@]1(O)CC23COC1(C2)C3. The van der Waals surface area contributed by atoms with Gasteiger partial charge in [-0.25, -0.2) is 0 Å². The Morgan fingerprint density at radius 1 is 1.12 bits per heavy atom. The molecule has 3 aliphatic carbocycles. The van der Waals surface area contributed by atoms with E-state index in [-0.39, 0.29) is 5.41 Å². The van der Waals surface area contributed by atoms with Gasteiger partial charge in [0.15, 0.2) is 0 Å². The van der Waals surface area contributed by atoms with Crippen molar-refractivity contribution >= 4 is 0 Å². The molecule has 0 aromatic heterocycles. The van der Waals surface area contributed by atoms with Crippen molar-refractivity contribution in [1.29, 1.82) is 0 Å². The predicted octanol–water partition coefficient (Wildman–Crippen LogP) is -2.25. The Morgan fingerprint density at radius 3 is 2.18 bits per heavy atom. The number of ether oxygens (including phenoxy) is 1. The van der Waals surface area contributed by atoms with E-state index in [4.69, 9.17) is 9.84 Å². The number of hydrogen-bond acceptors (Lipinski definition) is 6. The molecular weight excluding hydrogens is 228 g/mol. The van der Waals surface area contributed by atoms with Gasteiger partial charge in [-0.15, -0.1) is 0 Å². The Kier molecular flexibility index (Phi) is 2.23. The summed E-state index contributed by atoms with van der Waals surface area (Å²) < 4.78 is 5.54. The molecule has 98 valence electrons. The summed E-state index contributed by atoms with van der Waals surface area (Å²) in [5, 5.41) is 48.3. The highest BCUT2D eigenvalue weighted by atomic mass is 16.5. The van der Waals surface area contributed by atoms with Gasteiger partial charge in [-0.1, -0.05) is 0 Å². The second-order valence-corrected chi connectivity index (χ2v) is 5.92. The van der Waals surface area contributed by atoms with Crippen LogP contribution in [0.2, 0.25) is 0 Å². The third-order valence-electron chi connectivity index (χ3n) is 4.80. The Morgan fingerprint density at radius 2 is 1.76 bits per heavy atom. The van der Waals surface area contributed by atoms with Crippen molar-refractivity contribution in [1.82, 2.24) is 0 Å². The van der Waals surface area contributed by atoms with Gasteiger partial charge in [0.25, 0.3) is 0 Å². The lowest BCUT2D eigenvalue weighted by Gasteiger charge is -2.44. The van der Waals surface area contributed by atoms with E-state index in [9.17, 15) is 20.4 Å². The average Bonchev–Trinajstić information content (AvgIpc) is 2.93. The van der Waals surface area contributed by atoms with E-state index in [0.717, 1.165) is 0 Å². The normalized spacial score (nSPS) is 52.1. The molecule has 4 atom stereocenters. The lowest BCUT2D eigenvalue weighted by Crippen LogP contribution is -2.62. The zero-order chi connectivity index (χ0) is 12.5. The maximum Gasteiger partial charge on any atom is 0.123 e. The molecule has 2 heterocycles. The van der Waals surface area contributed by atoms with Crippen LogP contribution in [0.25, 0.3) is 0 Å². The molecule has 5 N–H and O–H groups in total. The van der Waals surface area contributed by atoms with Crippen LogP contribution in [-0.4, -0.2) is 68.3 Å². The van der Waals surface area contributed by atoms with Crippen LogP contribution < -0.4 is 0 Å². The molecule has 5 aliphatic rings. The number of aliphatic hydroxyl groups excluding tert-OH is 4. The molecule has 2 aliphatic heterocycles. The lowest BCUT2D eigenvalue weighted by atomic mass is 9.69. The molecule has 6 heteroatoms. The third-order valence-corrected chi connectivity index (χ3v) is 4.80. The van der Waals surface area contributed by atoms with Crippen LogP contribution in [-0.2, 0) is 4.74 Å². The highest BCUT2D eigenvalue weighted by Gasteiger charge is 2.81. The van der Waals surface area contributed by atoms with Crippen molar-refractivity contribution in [3.05, 3.63) is 0 Å². The molecule has 0 spiro atoms. The summed E-state index contributed by atoms with van der Waals surface area (Å²) in [5.41, 5.74) is -2.33. The van der Waals surface area contributed by atoms with Crippen LogP contribution in [0.5, 0.6) is 0 Å². The molecule has 6 nitrogen and oxygen atoms in total. The molecule has 3 saturated carbocycles. The van der Waals surface area contributed by atoms with E-state index in [1.165, 1.54) is 0 Å². The molecule has 5 rings (SSSR count). The lowest BCUT2D eigenvalue weighted by molar-refractivity contribution is -0.224. The zero-order valence-corrected chi connectivity index (χ0v) is 9.41. The van der Waals surface area contributed by atoms with Crippen LogP contribution in [0.1, 0.15) is 19.3 Å². The van der Waals surface area contributed by atoms with Crippen molar-refractivity contribution in [2.24, 2.45) is 5.41 Å². The first-order valence-corrected chi connectivity index (χ1v) is 5.90. The fraction of sp³-hybridized carbons (Fsp3) is 1.00. The van der Waals surface area contributed by atoms with Crippen LogP contribution in [0.4, 0.5) is 0 Å². The van der Waals surface area contributed by atoms with Gasteiger partial charge >= 0.3 is 0 Å². The Bertz CT molecular complexity index is 339. The van der Waals surface area contributed by atoms with Crippen molar-refractivity contribution < 1.29 is 30.3 Å². The largest absolute Gasteiger partial charge is 0.394 e. The van der Waals surface area contributed by atoms with Crippen molar-refractivity contribution in [3.63, 3.8) is 0 Å². The average molecular weight is 246 g/mol. The Labute approximate surface area is 98.5 Å². The van der Waals surface area contributed by atoms with E-state index in [0.29, 0.717) is 25.9 Å². The minimum absolute atomic E-state index is 0.0559. The quantitative estimate of drug-likeness (QED) is 0.383. The van der Waals surface area contributed by atoms with Crippen molar-refractivity contribution in [3.8, 4) is 0 Å². The topological polar surface area (TPSA) is 110 Å². The number of rotatable bonds is 4. The Balaban J connectivity index is 1.81. The summed E-state index contributed by atoms with van der Waals surface area (Å²) in [6.07, 6.45) is -2.74. The first-order chi connectivity index (χ1) is 7.88. The monoisotopic (exact) mass is 246 g/mol. The van der Waals surface area contributed by atoms with E-state index in [2.05, 4.69) is 0 Å². The third kappa shape index (κ3) is 1.21. The minimum atomic E-state index is -1.57. The second kappa shape index (κ2) is 3.20. The highest BCUT2D eigenvalue weighted by Crippen LogP contribution is 2.73. The van der Waals surface area contributed by atoms with E-state index >= 15 is 0 Å². The van der Waals surface area contributed by atoms with Gasteiger partial charge in [-0.05, 0) is 19.3 Å². The molecular formula is C11H18O6. The summed E-state index contributed by atoms with van der Waals surface area (Å²) in [6.45, 7) is -0.0615. The summed E-state index contributed by atoms with van der Waals surface area (Å²) in [5.74, 6) is 0. The predicted molar refractivity (Wildman–Crippen MR) is 55.0 cm³/mol. The molecule has 0 radical (unpaired) electrons. The van der Waals surface area contributed by atoms with Crippen LogP contribution in [0, 0.1) is 5.41 Å². The van der Waals surface area contributed by atoms with Gasteiger partial charge in [0.2, 0.25) is 0 Å². The molecule has 2 bridgehead atoms. The smallest absolute Gasteiger partial charge is 0.123 e. The summed E-state index contributed by atoms with van der Waals surface area (Å²) in [4.78, 5) is 0. The molecule has 5 fully saturated rings. The van der Waals surface area contributed by atoms with Gasteiger partial charge in [0, 0.05) is 5.41 Å². The van der Waals surface area contributed by atoms with E-state index in [1.807, 2.05) is 0 Å². The number of aliphatic hydroxyl groups is 5. The van der Waals surface area contributed by atoms with Gasteiger partial charge < -0.3 is 30.3 Å². The fourth-order valence-electron chi connectivity index (χ4n) is 3.97. The summed E-state index contributed by atoms with van der Waals surface area (Å²) in [6, 6.07) is 0. The van der Waals surface area contributed by atoms with Gasteiger partial charge in [-0.3, -0.25) is 0 Å². The molecule has 17 heavy (non-hydrogen) atoms. The van der Waals surface area contributed by atoms with Crippen LogP contribution in [0.3, 0.4) is 0 Å². The standard InChI is InChI=1S/C11H18O6/c12-1-6(13)7(14)8(15)11(16)4-9-2-10(11,3-9)17-5-9/h6-8,12-16H,1-5H2/t6-,7-,8+,9?,10?,11-/m1/s1. The van der Waals surface area contributed by atoms with Gasteiger partial charge in [0.1, 0.15) is 29.5 Å². The van der Waals surface area contributed by atoms with Gasteiger partial charge in [0.05, 0.1) is 13.2 Å². The van der Waals surface area contributed by atoms with Crippen molar-refractivity contribution in [2.45, 2.75) is 48.8 Å². The number of hydrogen-bond donors (Lipinski definition) is 5. The minimum Gasteiger partial charge on any atom is -0.394 e. The Hall–Kier alpha value is -0.240. The fourth-order valence-corrected chi connectivity index (χ4v) is 3.97. The summed E-state index contributed by atoms with van der Waals surface area (Å²) >= 11 is 0. The first kappa shape index (κ1) is 11.8. The van der Waals surface area contributed by atoms with Gasteiger partial charge in [-0.2, -0.15) is 0 Å². The van der Waals surface area contributed by atoms with Crippen LogP contribution in [0.15, 0.2) is 0 Å². The molecule has 0 aromatic rings. The molecule has 2 saturated heterocycles. The van der Waals surface area contributed by atoms with E-state index < -0.39 is 36.1 Å². The van der Waals surface area contributed by atoms with Crippen molar-refractivity contribution in [2.75, 3.05) is 13.2 Å².